The molecule has 0 bridgehead atoms. The third kappa shape index (κ3) is 3.51. The van der Waals surface area contributed by atoms with Gasteiger partial charge >= 0.3 is 5.97 Å². The van der Waals surface area contributed by atoms with Crippen molar-refractivity contribution in [3.8, 4) is 0 Å². The number of nitrogen functional groups attached to an aromatic ring is 1. The van der Waals surface area contributed by atoms with E-state index in [0.717, 1.165) is 0 Å². The molecule has 2 rings (SSSR count). The van der Waals surface area contributed by atoms with Gasteiger partial charge in [0.15, 0.2) is 0 Å². The van der Waals surface area contributed by atoms with Gasteiger partial charge in [-0.1, -0.05) is 18.2 Å². The number of rotatable bonds is 5. The molecular weight excluding hydrogens is 271 g/mol. The van der Waals surface area contributed by atoms with Crippen molar-refractivity contribution in [3.05, 3.63) is 58.9 Å². The second-order valence-electron chi connectivity index (χ2n) is 4.83. The van der Waals surface area contributed by atoms with Crippen molar-refractivity contribution in [2.75, 3.05) is 17.6 Å². The highest BCUT2D eigenvalue weighted by Crippen LogP contribution is 2.23. The number of hydrogen-bond acceptors (Lipinski definition) is 3. The molecule has 0 aliphatic carbocycles. The van der Waals surface area contributed by atoms with Crippen molar-refractivity contribution in [3.63, 3.8) is 0 Å². The van der Waals surface area contributed by atoms with Gasteiger partial charge in [-0.3, -0.25) is 0 Å². The van der Waals surface area contributed by atoms with Crippen LogP contribution in [0.3, 0.4) is 0 Å². The smallest absolute Gasteiger partial charge is 0.337 e. The van der Waals surface area contributed by atoms with Gasteiger partial charge in [-0.05, 0) is 42.7 Å². The molecule has 0 saturated heterocycles. The quantitative estimate of drug-likeness (QED) is 0.739. The van der Waals surface area contributed by atoms with Crippen LogP contribution in [0.1, 0.15) is 21.5 Å². The lowest BCUT2D eigenvalue weighted by molar-refractivity contribution is 0.0698. The summed E-state index contributed by atoms with van der Waals surface area (Å²) in [5, 5.41) is 12.2. The molecule has 110 valence electrons. The standard InChI is InChI=1S/C16H17FN2O2/c1-10-8-12(9-13(15(10)18)16(20)21)19-7-6-11-4-2-3-5-14(11)17/h2-5,8-9,19H,6-7,18H2,1H3,(H,20,21). The summed E-state index contributed by atoms with van der Waals surface area (Å²) in [7, 11) is 0. The lowest BCUT2D eigenvalue weighted by atomic mass is 10.1. The molecule has 4 nitrogen and oxygen atoms in total. The zero-order valence-electron chi connectivity index (χ0n) is 11.7. The van der Waals surface area contributed by atoms with Gasteiger partial charge in [0.25, 0.3) is 0 Å². The molecule has 21 heavy (non-hydrogen) atoms. The predicted molar refractivity (Wildman–Crippen MR) is 81.1 cm³/mol. The molecule has 0 aliphatic heterocycles. The molecule has 0 aliphatic rings. The summed E-state index contributed by atoms with van der Waals surface area (Å²) in [6.07, 6.45) is 0.512. The van der Waals surface area contributed by atoms with Crippen LogP contribution in [0.15, 0.2) is 36.4 Å². The molecule has 0 heterocycles. The van der Waals surface area contributed by atoms with E-state index in [1.54, 1.807) is 31.2 Å². The van der Waals surface area contributed by atoms with E-state index < -0.39 is 5.97 Å². The third-order valence-electron chi connectivity index (χ3n) is 3.30. The summed E-state index contributed by atoms with van der Waals surface area (Å²) < 4.78 is 13.5. The van der Waals surface area contributed by atoms with Crippen LogP contribution in [0.4, 0.5) is 15.8 Å². The Morgan fingerprint density at radius 2 is 2.05 bits per heavy atom. The highest BCUT2D eigenvalue weighted by molar-refractivity contribution is 5.95. The van der Waals surface area contributed by atoms with Crippen LogP contribution >= 0.6 is 0 Å². The minimum absolute atomic E-state index is 0.0726. The summed E-state index contributed by atoms with van der Waals surface area (Å²) in [6.45, 7) is 2.26. The number of hydrogen-bond donors (Lipinski definition) is 3. The van der Waals surface area contributed by atoms with Gasteiger partial charge in [0, 0.05) is 17.9 Å². The molecule has 0 fully saturated rings. The van der Waals surface area contributed by atoms with Crippen molar-refractivity contribution in [1.29, 1.82) is 0 Å². The number of carboxylic acid groups (broad SMARTS) is 1. The molecule has 0 aromatic heterocycles. The SMILES string of the molecule is Cc1cc(NCCc2ccccc2F)cc(C(=O)O)c1N. The topological polar surface area (TPSA) is 75.3 Å². The molecule has 2 aromatic carbocycles. The molecular formula is C16H17FN2O2. The maximum atomic E-state index is 13.5. The van der Waals surface area contributed by atoms with Crippen LogP contribution < -0.4 is 11.1 Å². The van der Waals surface area contributed by atoms with E-state index in [1.807, 2.05) is 0 Å². The van der Waals surface area contributed by atoms with E-state index in [9.17, 15) is 9.18 Å². The zero-order valence-corrected chi connectivity index (χ0v) is 11.7. The number of benzene rings is 2. The van der Waals surface area contributed by atoms with E-state index in [0.29, 0.717) is 29.8 Å². The molecule has 0 amide bonds. The number of carbonyl (C=O) groups is 1. The number of nitrogens with one attached hydrogen (secondary N) is 1. The van der Waals surface area contributed by atoms with Gasteiger partial charge in [-0.25, -0.2) is 9.18 Å². The zero-order chi connectivity index (χ0) is 15.4. The molecule has 5 heteroatoms. The van der Waals surface area contributed by atoms with E-state index in [2.05, 4.69) is 5.32 Å². The molecule has 0 saturated carbocycles. The molecule has 0 atom stereocenters. The number of anilines is 2. The van der Waals surface area contributed by atoms with Gasteiger partial charge in [0.05, 0.1) is 5.56 Å². The van der Waals surface area contributed by atoms with Crippen molar-refractivity contribution in [1.82, 2.24) is 0 Å². The average Bonchev–Trinajstić information content (AvgIpc) is 2.44. The molecule has 4 N–H and O–H groups in total. The number of carboxylic acids is 1. The fourth-order valence-electron chi connectivity index (χ4n) is 2.12. The van der Waals surface area contributed by atoms with E-state index in [4.69, 9.17) is 10.8 Å². The average molecular weight is 288 g/mol. The van der Waals surface area contributed by atoms with E-state index in [-0.39, 0.29) is 17.1 Å². The van der Waals surface area contributed by atoms with Gasteiger partial charge in [0.2, 0.25) is 0 Å². The highest BCUT2D eigenvalue weighted by Gasteiger charge is 2.11. The first-order valence-electron chi connectivity index (χ1n) is 6.59. The molecule has 0 unspecified atom stereocenters. The first-order valence-corrected chi connectivity index (χ1v) is 6.59. The Bertz CT molecular complexity index is 671. The predicted octanol–water partition coefficient (Wildman–Crippen LogP) is 3.07. The van der Waals surface area contributed by atoms with Gasteiger partial charge in [-0.15, -0.1) is 0 Å². The second kappa shape index (κ2) is 6.26. The first kappa shape index (κ1) is 14.8. The summed E-state index contributed by atoms with van der Waals surface area (Å²) in [5.41, 5.74) is 8.05. The van der Waals surface area contributed by atoms with Crippen LogP contribution in [0.2, 0.25) is 0 Å². The Morgan fingerprint density at radius 3 is 2.71 bits per heavy atom. The first-order chi connectivity index (χ1) is 9.99. The van der Waals surface area contributed by atoms with Crippen LogP contribution in [-0.4, -0.2) is 17.6 Å². The largest absolute Gasteiger partial charge is 0.478 e. The van der Waals surface area contributed by atoms with Crippen LogP contribution in [0.5, 0.6) is 0 Å². The van der Waals surface area contributed by atoms with Gasteiger partial charge < -0.3 is 16.2 Å². The van der Waals surface area contributed by atoms with Crippen LogP contribution in [0.25, 0.3) is 0 Å². The Morgan fingerprint density at radius 1 is 1.33 bits per heavy atom. The van der Waals surface area contributed by atoms with Crippen molar-refractivity contribution < 1.29 is 14.3 Å². The third-order valence-corrected chi connectivity index (χ3v) is 3.30. The van der Waals surface area contributed by atoms with Crippen LogP contribution in [0, 0.1) is 12.7 Å². The Balaban J connectivity index is 2.07. The monoisotopic (exact) mass is 288 g/mol. The summed E-state index contributed by atoms with van der Waals surface area (Å²) >= 11 is 0. The van der Waals surface area contributed by atoms with Crippen molar-refractivity contribution in [2.45, 2.75) is 13.3 Å². The summed E-state index contributed by atoms with van der Waals surface area (Å²) in [5.74, 6) is -1.30. The fraction of sp³-hybridized carbons (Fsp3) is 0.188. The van der Waals surface area contributed by atoms with E-state index in [1.165, 1.54) is 12.1 Å². The minimum Gasteiger partial charge on any atom is -0.478 e. The maximum absolute atomic E-state index is 13.5. The molecule has 0 radical (unpaired) electrons. The normalized spacial score (nSPS) is 10.4. The lowest BCUT2D eigenvalue weighted by Gasteiger charge is -2.11. The number of halogens is 1. The number of aryl methyl sites for hydroxylation is 1. The number of aromatic carboxylic acids is 1. The summed E-state index contributed by atoms with van der Waals surface area (Å²) in [4.78, 5) is 11.1. The second-order valence-corrected chi connectivity index (χ2v) is 4.83. The summed E-state index contributed by atoms with van der Waals surface area (Å²) in [6, 6.07) is 9.86. The van der Waals surface area contributed by atoms with Gasteiger partial charge in [-0.2, -0.15) is 0 Å². The fourth-order valence-corrected chi connectivity index (χ4v) is 2.12. The lowest BCUT2D eigenvalue weighted by Crippen LogP contribution is -2.09. The van der Waals surface area contributed by atoms with Crippen LogP contribution in [-0.2, 0) is 6.42 Å². The Hall–Kier alpha value is -2.56. The van der Waals surface area contributed by atoms with Crippen molar-refractivity contribution >= 4 is 17.3 Å². The van der Waals surface area contributed by atoms with Gasteiger partial charge in [0.1, 0.15) is 5.82 Å². The Kier molecular flexibility index (Phi) is 4.42. The number of nitrogens with two attached hydrogens (primary N) is 1. The Labute approximate surface area is 122 Å². The molecule has 0 spiro atoms. The highest BCUT2D eigenvalue weighted by atomic mass is 19.1. The molecule has 2 aromatic rings. The minimum atomic E-state index is -1.06. The van der Waals surface area contributed by atoms with E-state index >= 15 is 0 Å². The maximum Gasteiger partial charge on any atom is 0.337 e. The van der Waals surface area contributed by atoms with Crippen molar-refractivity contribution in [2.24, 2.45) is 0 Å².